The van der Waals surface area contributed by atoms with Gasteiger partial charge in [0.1, 0.15) is 0 Å². The van der Waals surface area contributed by atoms with Gasteiger partial charge in [0.2, 0.25) is 10.9 Å². The Bertz CT molecular complexity index is 619. The Kier molecular flexibility index (Phi) is 2.40. The molecule has 2 aromatic carbocycles. The van der Waals surface area contributed by atoms with Gasteiger partial charge in [0, 0.05) is 5.56 Å². The van der Waals surface area contributed by atoms with E-state index in [2.05, 4.69) is 5.16 Å². The zero-order valence-electron chi connectivity index (χ0n) is 8.60. The fraction of sp³-hybridized carbons (Fsp3) is 0.0833. The SMILES string of the molecule is C/C(=N\O)c1c(-c2ccccc2)c(=O)c1=O. The summed E-state index contributed by atoms with van der Waals surface area (Å²) in [4.78, 5) is 22.8. The smallest absolute Gasteiger partial charge is 0.236 e. The van der Waals surface area contributed by atoms with E-state index in [1.165, 1.54) is 6.92 Å². The minimum absolute atomic E-state index is 0.170. The molecule has 0 saturated carbocycles. The summed E-state index contributed by atoms with van der Waals surface area (Å²) in [6, 6.07) is 8.86. The van der Waals surface area contributed by atoms with Gasteiger partial charge in [-0.1, -0.05) is 35.5 Å². The Hall–Kier alpha value is -2.23. The van der Waals surface area contributed by atoms with Gasteiger partial charge in [-0.05, 0) is 12.5 Å². The summed E-state index contributed by atoms with van der Waals surface area (Å²) in [5.74, 6) is 0. The van der Waals surface area contributed by atoms with Gasteiger partial charge in [0.05, 0.1) is 11.3 Å². The van der Waals surface area contributed by atoms with Crippen LogP contribution >= 0.6 is 0 Å². The van der Waals surface area contributed by atoms with Crippen LogP contribution in [0.5, 0.6) is 0 Å². The van der Waals surface area contributed by atoms with Crippen molar-refractivity contribution in [2.45, 2.75) is 6.92 Å². The van der Waals surface area contributed by atoms with E-state index in [9.17, 15) is 9.59 Å². The summed E-state index contributed by atoms with van der Waals surface area (Å²) >= 11 is 0. The summed E-state index contributed by atoms with van der Waals surface area (Å²) in [5, 5.41) is 11.6. The third-order valence-electron chi connectivity index (χ3n) is 2.48. The Balaban J connectivity index is 2.65. The van der Waals surface area contributed by atoms with E-state index in [1.807, 2.05) is 6.07 Å². The molecule has 0 aliphatic heterocycles. The van der Waals surface area contributed by atoms with Crippen molar-refractivity contribution < 1.29 is 5.21 Å². The maximum atomic E-state index is 11.4. The van der Waals surface area contributed by atoms with Crippen LogP contribution in [0, 0.1) is 0 Å². The van der Waals surface area contributed by atoms with Gasteiger partial charge in [0.25, 0.3) is 0 Å². The van der Waals surface area contributed by atoms with Crippen LogP contribution in [0.1, 0.15) is 12.5 Å². The molecule has 0 aliphatic rings. The molecule has 4 nitrogen and oxygen atoms in total. The lowest BCUT2D eigenvalue weighted by atomic mass is 9.91. The molecule has 1 N–H and O–H groups in total. The topological polar surface area (TPSA) is 66.7 Å². The molecule has 0 fully saturated rings. The molecule has 0 spiro atoms. The molecule has 4 heteroatoms. The van der Waals surface area contributed by atoms with E-state index < -0.39 is 10.9 Å². The van der Waals surface area contributed by atoms with Gasteiger partial charge in [-0.2, -0.15) is 0 Å². The number of oxime groups is 1. The van der Waals surface area contributed by atoms with Crippen LogP contribution in [0.2, 0.25) is 0 Å². The molecule has 16 heavy (non-hydrogen) atoms. The summed E-state index contributed by atoms with van der Waals surface area (Å²) in [7, 11) is 0. The second-order valence-corrected chi connectivity index (χ2v) is 3.46. The van der Waals surface area contributed by atoms with Gasteiger partial charge in [-0.15, -0.1) is 0 Å². The van der Waals surface area contributed by atoms with E-state index in [4.69, 9.17) is 5.21 Å². The van der Waals surface area contributed by atoms with Crippen molar-refractivity contribution in [1.29, 1.82) is 0 Å². The lowest BCUT2D eigenvalue weighted by molar-refractivity contribution is 0.319. The monoisotopic (exact) mass is 215 g/mol. The van der Waals surface area contributed by atoms with Crippen LogP contribution in [-0.2, 0) is 0 Å². The van der Waals surface area contributed by atoms with Crippen LogP contribution < -0.4 is 10.9 Å². The minimum Gasteiger partial charge on any atom is -0.411 e. The molecule has 0 bridgehead atoms. The first kappa shape index (κ1) is 10.3. The highest BCUT2D eigenvalue weighted by molar-refractivity contribution is 6.05. The van der Waals surface area contributed by atoms with Crippen LogP contribution in [-0.4, -0.2) is 10.9 Å². The third-order valence-corrected chi connectivity index (χ3v) is 2.48. The van der Waals surface area contributed by atoms with Crippen LogP contribution in [0.25, 0.3) is 11.1 Å². The van der Waals surface area contributed by atoms with Crippen molar-refractivity contribution in [3.05, 3.63) is 56.3 Å². The molecule has 0 saturated heterocycles. The van der Waals surface area contributed by atoms with Gasteiger partial charge < -0.3 is 5.21 Å². The molecule has 0 aliphatic carbocycles. The van der Waals surface area contributed by atoms with E-state index in [1.54, 1.807) is 24.3 Å². The highest BCUT2D eigenvalue weighted by atomic mass is 16.4. The maximum Gasteiger partial charge on any atom is 0.236 e. The molecular formula is C12H9NO3. The van der Waals surface area contributed by atoms with Crippen LogP contribution in [0.4, 0.5) is 0 Å². The van der Waals surface area contributed by atoms with E-state index in [-0.39, 0.29) is 11.3 Å². The first-order chi connectivity index (χ1) is 7.66. The molecule has 80 valence electrons. The Morgan fingerprint density at radius 1 is 1.12 bits per heavy atom. The molecule has 0 unspecified atom stereocenters. The molecule has 0 amide bonds. The van der Waals surface area contributed by atoms with Crippen molar-refractivity contribution >= 4 is 5.71 Å². The zero-order valence-corrected chi connectivity index (χ0v) is 8.60. The highest BCUT2D eigenvalue weighted by Gasteiger charge is 2.23. The first-order valence-corrected chi connectivity index (χ1v) is 4.74. The number of benzene rings is 1. The van der Waals surface area contributed by atoms with E-state index in [0.29, 0.717) is 11.1 Å². The summed E-state index contributed by atoms with van der Waals surface area (Å²) in [6.07, 6.45) is 0. The van der Waals surface area contributed by atoms with Crippen molar-refractivity contribution in [1.82, 2.24) is 0 Å². The molecular weight excluding hydrogens is 206 g/mol. The Morgan fingerprint density at radius 2 is 1.75 bits per heavy atom. The van der Waals surface area contributed by atoms with Gasteiger partial charge in [-0.3, -0.25) is 9.59 Å². The standard InChI is InChI=1S/C12H9NO3/c1-7(13-16)9-10(12(15)11(9)14)8-5-3-2-4-6-8/h2-6,16H,1H3/b13-7+. The lowest BCUT2D eigenvalue weighted by Crippen LogP contribution is -2.39. The number of nitrogens with zero attached hydrogens (tertiary/aromatic N) is 1. The summed E-state index contributed by atoms with van der Waals surface area (Å²) in [6.45, 7) is 1.49. The van der Waals surface area contributed by atoms with Crippen molar-refractivity contribution in [2.24, 2.45) is 5.16 Å². The second-order valence-electron chi connectivity index (χ2n) is 3.46. The zero-order chi connectivity index (χ0) is 11.7. The quantitative estimate of drug-likeness (QED) is 0.353. The normalized spacial score (nSPS) is 11.9. The average molecular weight is 215 g/mol. The molecule has 0 aromatic heterocycles. The van der Waals surface area contributed by atoms with Gasteiger partial charge >= 0.3 is 0 Å². The van der Waals surface area contributed by atoms with Crippen LogP contribution in [0.15, 0.2) is 45.1 Å². The van der Waals surface area contributed by atoms with E-state index >= 15 is 0 Å². The predicted molar refractivity (Wildman–Crippen MR) is 60.8 cm³/mol. The third kappa shape index (κ3) is 1.35. The molecule has 0 heterocycles. The molecule has 2 aromatic rings. The average Bonchev–Trinajstić information content (AvgIpc) is 2.34. The molecule has 0 radical (unpaired) electrons. The maximum absolute atomic E-state index is 11.4. The predicted octanol–water partition coefficient (Wildman–Crippen LogP) is 1.15. The Morgan fingerprint density at radius 3 is 2.31 bits per heavy atom. The number of rotatable bonds is 2. The highest BCUT2D eigenvalue weighted by Crippen LogP contribution is 2.19. The summed E-state index contributed by atoms with van der Waals surface area (Å²) in [5.41, 5.74) is 0.270. The van der Waals surface area contributed by atoms with Crippen LogP contribution in [0.3, 0.4) is 0 Å². The first-order valence-electron chi connectivity index (χ1n) is 4.74. The van der Waals surface area contributed by atoms with Gasteiger partial charge in [-0.25, -0.2) is 0 Å². The fourth-order valence-electron chi connectivity index (χ4n) is 1.67. The number of hydrogen-bond acceptors (Lipinski definition) is 4. The molecule has 2 rings (SSSR count). The van der Waals surface area contributed by atoms with Crippen molar-refractivity contribution in [3.63, 3.8) is 0 Å². The largest absolute Gasteiger partial charge is 0.411 e. The van der Waals surface area contributed by atoms with Crippen molar-refractivity contribution in [3.8, 4) is 11.1 Å². The minimum atomic E-state index is -0.589. The number of hydrogen-bond donors (Lipinski definition) is 1. The molecule has 0 atom stereocenters. The lowest BCUT2D eigenvalue weighted by Gasteiger charge is -2.09. The summed E-state index contributed by atoms with van der Waals surface area (Å²) < 4.78 is 0. The Labute approximate surface area is 91.2 Å². The van der Waals surface area contributed by atoms with Crippen molar-refractivity contribution in [2.75, 3.05) is 0 Å². The van der Waals surface area contributed by atoms with Gasteiger partial charge in [0.15, 0.2) is 0 Å². The fourth-order valence-corrected chi connectivity index (χ4v) is 1.67. The van der Waals surface area contributed by atoms with E-state index in [0.717, 1.165) is 0 Å². The second kappa shape index (κ2) is 3.73.